The lowest BCUT2D eigenvalue weighted by molar-refractivity contribution is -0.154. The summed E-state index contributed by atoms with van der Waals surface area (Å²) in [5.41, 5.74) is 5.34. The number of hydroxylamine groups is 2. The lowest BCUT2D eigenvalue weighted by Crippen LogP contribution is -2.40. The molecule has 1 aromatic rings. The van der Waals surface area contributed by atoms with Gasteiger partial charge >= 0.3 is 0 Å². The highest BCUT2D eigenvalue weighted by Gasteiger charge is 2.21. The largest absolute Gasteiger partial charge is 0.347 e. The van der Waals surface area contributed by atoms with Crippen LogP contribution in [0.1, 0.15) is 50.8 Å². The predicted octanol–water partition coefficient (Wildman–Crippen LogP) is 1.13. The normalized spacial score (nSPS) is 19.1. The highest BCUT2D eigenvalue weighted by Crippen LogP contribution is 2.16. The standard InChI is InChI=1S/C17H29N7O3/c1-23(2)17-19-14-10-8-6-4-3-5-7-9-13(11-24(27)12-25)15(26)21-22-16(18-14)20-17/h12-13,27H,3-11H2,1-2H3,(H,21,26)(H,18,19,20,22)/t13-/m1/s1. The van der Waals surface area contributed by atoms with Gasteiger partial charge in [0.15, 0.2) is 0 Å². The molecule has 0 radical (unpaired) electrons. The molecule has 0 spiro atoms. The van der Waals surface area contributed by atoms with Crippen LogP contribution in [0.4, 0.5) is 11.9 Å². The molecule has 0 saturated carbocycles. The van der Waals surface area contributed by atoms with Gasteiger partial charge < -0.3 is 4.90 Å². The molecule has 1 aliphatic rings. The third-order valence-corrected chi connectivity index (χ3v) is 4.47. The van der Waals surface area contributed by atoms with Gasteiger partial charge in [-0.1, -0.05) is 32.1 Å². The van der Waals surface area contributed by atoms with E-state index < -0.39 is 5.92 Å². The quantitative estimate of drug-likeness (QED) is 0.404. The fraction of sp³-hybridized carbons (Fsp3) is 0.706. The topological polar surface area (TPSA) is 124 Å². The van der Waals surface area contributed by atoms with Gasteiger partial charge in [-0.2, -0.15) is 15.0 Å². The van der Waals surface area contributed by atoms with Gasteiger partial charge in [-0.3, -0.25) is 25.6 Å². The van der Waals surface area contributed by atoms with Crippen LogP contribution in [0.2, 0.25) is 0 Å². The fourth-order valence-electron chi connectivity index (χ4n) is 2.95. The number of nitrogens with one attached hydrogen (secondary N) is 2. The number of fused-ring (bicyclic) bond motifs is 2. The summed E-state index contributed by atoms with van der Waals surface area (Å²) >= 11 is 0. The Hall–Kier alpha value is -2.49. The van der Waals surface area contributed by atoms with Gasteiger partial charge in [-0.05, 0) is 12.8 Å². The van der Waals surface area contributed by atoms with E-state index in [0.29, 0.717) is 29.7 Å². The first-order chi connectivity index (χ1) is 13.0. The summed E-state index contributed by atoms with van der Waals surface area (Å²) in [7, 11) is 3.69. The molecule has 0 saturated heterocycles. The van der Waals surface area contributed by atoms with Crippen LogP contribution in [0.25, 0.3) is 0 Å². The molecule has 2 rings (SSSR count). The van der Waals surface area contributed by atoms with Crippen molar-refractivity contribution < 1.29 is 14.8 Å². The van der Waals surface area contributed by atoms with E-state index in [1.807, 2.05) is 14.1 Å². The van der Waals surface area contributed by atoms with Crippen LogP contribution in [0, 0.1) is 5.92 Å². The average molecular weight is 379 g/mol. The molecule has 27 heavy (non-hydrogen) atoms. The SMILES string of the molecule is CN(C)c1nc2nc(n1)NNC(=O)[C@@H](CN(O)C=O)CCCCCCCC2. The van der Waals surface area contributed by atoms with E-state index in [2.05, 4.69) is 25.8 Å². The Balaban J connectivity index is 2.16. The Morgan fingerprint density at radius 3 is 2.48 bits per heavy atom. The molecular weight excluding hydrogens is 350 g/mol. The molecule has 150 valence electrons. The number of aromatic nitrogens is 3. The Bertz CT molecular complexity index is 627. The van der Waals surface area contributed by atoms with Gasteiger partial charge in [0.1, 0.15) is 5.82 Å². The zero-order valence-electron chi connectivity index (χ0n) is 16.0. The molecule has 2 amide bonds. The Morgan fingerprint density at radius 2 is 1.78 bits per heavy atom. The Kier molecular flexibility index (Phi) is 8.18. The predicted molar refractivity (Wildman–Crippen MR) is 100.0 cm³/mol. The van der Waals surface area contributed by atoms with Crippen molar-refractivity contribution in [2.24, 2.45) is 5.92 Å². The maximum atomic E-state index is 12.5. The number of nitrogens with zero attached hydrogens (tertiary/aromatic N) is 5. The van der Waals surface area contributed by atoms with Crippen molar-refractivity contribution >= 4 is 24.2 Å². The van der Waals surface area contributed by atoms with Crippen LogP contribution in [-0.4, -0.2) is 58.2 Å². The smallest absolute Gasteiger partial charge is 0.246 e. The molecule has 0 unspecified atom stereocenters. The van der Waals surface area contributed by atoms with E-state index in [4.69, 9.17) is 0 Å². The van der Waals surface area contributed by atoms with Crippen LogP contribution >= 0.6 is 0 Å². The lowest BCUT2D eigenvalue weighted by Gasteiger charge is -2.20. The highest BCUT2D eigenvalue weighted by atomic mass is 16.5. The first-order valence-corrected chi connectivity index (χ1v) is 9.38. The number of anilines is 2. The third kappa shape index (κ3) is 6.97. The summed E-state index contributed by atoms with van der Waals surface area (Å²) in [6, 6.07) is 0. The van der Waals surface area contributed by atoms with E-state index in [-0.39, 0.29) is 18.4 Å². The van der Waals surface area contributed by atoms with E-state index in [9.17, 15) is 14.8 Å². The van der Waals surface area contributed by atoms with Crippen molar-refractivity contribution in [2.75, 3.05) is 31.0 Å². The third-order valence-electron chi connectivity index (χ3n) is 4.47. The second-order valence-corrected chi connectivity index (χ2v) is 6.97. The van der Waals surface area contributed by atoms with Crippen molar-refractivity contribution in [3.63, 3.8) is 0 Å². The number of carbonyl (C=O) groups excluding carboxylic acids is 2. The molecule has 1 aliphatic heterocycles. The van der Waals surface area contributed by atoms with Gasteiger partial charge in [0.05, 0.1) is 12.5 Å². The molecule has 10 heteroatoms. The Morgan fingerprint density at radius 1 is 1.07 bits per heavy atom. The first-order valence-electron chi connectivity index (χ1n) is 9.38. The van der Waals surface area contributed by atoms with Crippen molar-refractivity contribution in [1.29, 1.82) is 0 Å². The van der Waals surface area contributed by atoms with Crippen molar-refractivity contribution in [3.05, 3.63) is 5.82 Å². The molecule has 0 aromatic carbocycles. The maximum Gasteiger partial charge on any atom is 0.246 e. The number of rotatable bonds is 4. The second kappa shape index (κ2) is 10.6. The van der Waals surface area contributed by atoms with Gasteiger partial charge in [-0.15, -0.1) is 0 Å². The number of carbonyl (C=O) groups is 2. The van der Waals surface area contributed by atoms with Crippen LogP contribution in [0.3, 0.4) is 0 Å². The molecule has 3 N–H and O–H groups in total. The molecule has 1 atom stereocenters. The summed E-state index contributed by atoms with van der Waals surface area (Å²) in [5, 5.41) is 9.98. The zero-order chi connectivity index (χ0) is 19.6. The molecule has 2 heterocycles. The lowest BCUT2D eigenvalue weighted by atomic mass is 9.99. The van der Waals surface area contributed by atoms with Gasteiger partial charge in [0.2, 0.25) is 24.2 Å². The van der Waals surface area contributed by atoms with Crippen molar-refractivity contribution in [2.45, 2.75) is 51.4 Å². The summed E-state index contributed by atoms with van der Waals surface area (Å²) in [5.74, 6) is 0.618. The second-order valence-electron chi connectivity index (χ2n) is 6.97. The fourth-order valence-corrected chi connectivity index (χ4v) is 2.95. The summed E-state index contributed by atoms with van der Waals surface area (Å²) in [4.78, 5) is 38.1. The minimum absolute atomic E-state index is 0.0532. The first kappa shape index (κ1) is 20.8. The van der Waals surface area contributed by atoms with Crippen LogP contribution in [0.5, 0.6) is 0 Å². The highest BCUT2D eigenvalue weighted by molar-refractivity contribution is 5.80. The van der Waals surface area contributed by atoms with Crippen LogP contribution in [-0.2, 0) is 16.0 Å². The van der Waals surface area contributed by atoms with E-state index in [1.165, 1.54) is 0 Å². The van der Waals surface area contributed by atoms with Crippen molar-refractivity contribution in [1.82, 2.24) is 25.4 Å². The number of hydrazine groups is 1. The van der Waals surface area contributed by atoms with E-state index in [0.717, 1.165) is 44.9 Å². The van der Waals surface area contributed by atoms with E-state index in [1.54, 1.807) is 4.90 Å². The minimum atomic E-state index is -0.521. The summed E-state index contributed by atoms with van der Waals surface area (Å²) in [6.45, 7) is -0.0532. The monoisotopic (exact) mass is 379 g/mol. The molecule has 0 fully saturated rings. The van der Waals surface area contributed by atoms with Gasteiger partial charge in [0, 0.05) is 20.5 Å². The van der Waals surface area contributed by atoms with Gasteiger partial charge in [0.25, 0.3) is 0 Å². The summed E-state index contributed by atoms with van der Waals surface area (Å²) in [6.07, 6.45) is 7.84. The number of hydrogen-bond donors (Lipinski definition) is 3. The zero-order valence-corrected chi connectivity index (χ0v) is 16.0. The molecular formula is C17H29N7O3. The number of aryl methyl sites for hydroxylation is 1. The van der Waals surface area contributed by atoms with Crippen LogP contribution < -0.4 is 15.8 Å². The number of hydrogen-bond acceptors (Lipinski definition) is 8. The number of amides is 2. The molecule has 2 bridgehead atoms. The average Bonchev–Trinajstić information content (AvgIpc) is 2.66. The Labute approximate surface area is 159 Å². The summed E-state index contributed by atoms with van der Waals surface area (Å²) < 4.78 is 0. The molecule has 1 aromatic heterocycles. The molecule has 0 aliphatic carbocycles. The maximum absolute atomic E-state index is 12.5. The minimum Gasteiger partial charge on any atom is -0.347 e. The van der Waals surface area contributed by atoms with Crippen molar-refractivity contribution in [3.8, 4) is 0 Å². The van der Waals surface area contributed by atoms with Crippen LogP contribution in [0.15, 0.2) is 0 Å². The van der Waals surface area contributed by atoms with Gasteiger partial charge in [-0.25, -0.2) is 5.06 Å². The molecule has 10 nitrogen and oxygen atoms in total. The van der Waals surface area contributed by atoms with E-state index >= 15 is 0 Å².